The number of aliphatic hydroxyl groups excluding tert-OH is 1. The van der Waals surface area contributed by atoms with Gasteiger partial charge in [-0.25, -0.2) is 0 Å². The van der Waals surface area contributed by atoms with E-state index in [-0.39, 0.29) is 51.5 Å². The SMILES string of the molecule is C=C(C)[C@@H]1CC[C@]2(C(=O)NCCCCCCCC(=O)N[C@H](CCC(=O)O)CC(C)C)CC[C@]3(C)[C@H](CCC4[C@@]5(C)CC[C@H](O)C(C)(C)[C@@H]5CC[C@]43C)[C@@H]12. The molecule has 5 saturated carbocycles. The first-order chi connectivity index (χ1) is 24.8. The second kappa shape index (κ2) is 16.3. The molecule has 7 nitrogen and oxygen atoms in total. The molecule has 0 aliphatic heterocycles. The molecule has 5 aliphatic rings. The first-order valence-electron chi connectivity index (χ1n) is 22.0. The lowest BCUT2D eigenvalue weighted by atomic mass is 9.32. The number of aliphatic hydroxyl groups is 1. The molecular weight excluding hydrogens is 661 g/mol. The maximum atomic E-state index is 14.5. The average molecular weight is 739 g/mol. The van der Waals surface area contributed by atoms with Crippen LogP contribution in [0.15, 0.2) is 12.2 Å². The van der Waals surface area contributed by atoms with Crippen molar-refractivity contribution in [1.29, 1.82) is 0 Å². The molecule has 5 rings (SSSR count). The molecule has 0 saturated heterocycles. The standard InChI is InChI=1S/C46H78N2O5/c1-30(2)29-32(16-19-39(51)52)48-38(50)15-13-11-10-12-14-28-47-41(53)46-25-20-33(31(3)4)40(46)34-17-18-36-43(7)23-22-37(49)42(5,6)35(43)21-24-45(36,9)44(34,8)26-27-46/h30,32-37,40,49H,3,10-29H2,1-2,4-9H3,(H,47,53)(H,48,50)(H,51,52)/t32-,33+,34-,35+,36?,37+,40-,43+,44-,45-,46+/m1/s1. The van der Waals surface area contributed by atoms with E-state index in [9.17, 15) is 19.5 Å². The molecule has 0 radical (unpaired) electrons. The number of carboxylic acid groups (broad SMARTS) is 1. The summed E-state index contributed by atoms with van der Waals surface area (Å²) in [6, 6.07) is -0.0775. The van der Waals surface area contributed by atoms with E-state index in [1.807, 2.05) is 0 Å². The molecule has 0 bridgehead atoms. The molecule has 5 aliphatic carbocycles. The number of amides is 2. The zero-order valence-corrected chi connectivity index (χ0v) is 35.1. The van der Waals surface area contributed by atoms with Crippen molar-refractivity contribution in [3.63, 3.8) is 0 Å². The molecule has 302 valence electrons. The molecule has 0 heterocycles. The molecule has 7 heteroatoms. The highest BCUT2D eigenvalue weighted by atomic mass is 16.4. The molecule has 0 aromatic heterocycles. The van der Waals surface area contributed by atoms with Gasteiger partial charge < -0.3 is 20.8 Å². The van der Waals surface area contributed by atoms with Gasteiger partial charge in [-0.3, -0.25) is 14.4 Å². The molecule has 0 aromatic carbocycles. The van der Waals surface area contributed by atoms with Crippen molar-refractivity contribution in [3.05, 3.63) is 12.2 Å². The number of aliphatic carboxylic acids is 1. The van der Waals surface area contributed by atoms with E-state index in [0.29, 0.717) is 54.3 Å². The van der Waals surface area contributed by atoms with Crippen molar-refractivity contribution in [2.24, 2.45) is 62.6 Å². The number of nitrogens with one attached hydrogen (secondary N) is 2. The Labute approximate surface area is 323 Å². The fraction of sp³-hybridized carbons (Fsp3) is 0.891. The van der Waals surface area contributed by atoms with E-state index < -0.39 is 5.97 Å². The largest absolute Gasteiger partial charge is 0.481 e. The van der Waals surface area contributed by atoms with Gasteiger partial charge in [0.05, 0.1) is 11.5 Å². The molecule has 5 fully saturated rings. The Balaban J connectivity index is 1.15. The smallest absolute Gasteiger partial charge is 0.303 e. The van der Waals surface area contributed by atoms with Gasteiger partial charge in [0.2, 0.25) is 11.8 Å². The predicted molar refractivity (Wildman–Crippen MR) is 214 cm³/mol. The highest BCUT2D eigenvalue weighted by Gasteiger charge is 2.71. The number of carbonyl (C=O) groups excluding carboxylic acids is 2. The van der Waals surface area contributed by atoms with Gasteiger partial charge >= 0.3 is 5.97 Å². The van der Waals surface area contributed by atoms with Crippen molar-refractivity contribution in [1.82, 2.24) is 10.6 Å². The zero-order valence-electron chi connectivity index (χ0n) is 35.1. The van der Waals surface area contributed by atoms with Gasteiger partial charge in [-0.05, 0) is 154 Å². The minimum atomic E-state index is -0.820. The van der Waals surface area contributed by atoms with Gasteiger partial charge in [-0.2, -0.15) is 0 Å². The van der Waals surface area contributed by atoms with Gasteiger partial charge in [0, 0.05) is 25.4 Å². The first kappa shape index (κ1) is 42.3. The molecule has 53 heavy (non-hydrogen) atoms. The maximum Gasteiger partial charge on any atom is 0.303 e. The number of rotatable bonds is 16. The Bertz CT molecular complexity index is 1340. The van der Waals surface area contributed by atoms with Gasteiger partial charge in [0.15, 0.2) is 0 Å². The second-order valence-electron chi connectivity index (χ2n) is 20.8. The minimum absolute atomic E-state index is 0.0254. The number of carboxylic acids is 1. The fourth-order valence-electron chi connectivity index (χ4n) is 14.3. The van der Waals surface area contributed by atoms with Crippen LogP contribution in [0.4, 0.5) is 0 Å². The second-order valence-corrected chi connectivity index (χ2v) is 20.8. The molecule has 11 atom stereocenters. The quantitative estimate of drug-likeness (QED) is 0.0930. The normalized spacial score (nSPS) is 39.2. The Morgan fingerprint density at radius 2 is 1.49 bits per heavy atom. The number of unbranched alkanes of at least 4 members (excludes halogenated alkanes) is 4. The number of fused-ring (bicyclic) bond motifs is 7. The third-order valence-electron chi connectivity index (χ3n) is 17.2. The Morgan fingerprint density at radius 3 is 2.17 bits per heavy atom. The highest BCUT2D eigenvalue weighted by Crippen LogP contribution is 2.77. The molecule has 0 spiro atoms. The van der Waals surface area contributed by atoms with E-state index in [1.54, 1.807) is 0 Å². The fourth-order valence-corrected chi connectivity index (χ4v) is 14.3. The van der Waals surface area contributed by atoms with Gasteiger partial charge in [0.1, 0.15) is 0 Å². The summed E-state index contributed by atoms with van der Waals surface area (Å²) in [6.45, 7) is 24.2. The van der Waals surface area contributed by atoms with Gasteiger partial charge in [-0.15, -0.1) is 0 Å². The number of allylic oxidation sites excluding steroid dienone is 1. The lowest BCUT2D eigenvalue weighted by Gasteiger charge is -2.72. The summed E-state index contributed by atoms with van der Waals surface area (Å²) >= 11 is 0. The molecule has 2 amide bonds. The van der Waals surface area contributed by atoms with E-state index in [1.165, 1.54) is 31.3 Å². The van der Waals surface area contributed by atoms with Crippen LogP contribution in [-0.2, 0) is 14.4 Å². The van der Waals surface area contributed by atoms with Crippen LogP contribution >= 0.6 is 0 Å². The van der Waals surface area contributed by atoms with Crippen molar-refractivity contribution < 1.29 is 24.6 Å². The van der Waals surface area contributed by atoms with Crippen LogP contribution in [0.2, 0.25) is 0 Å². The van der Waals surface area contributed by atoms with Gasteiger partial charge in [-0.1, -0.05) is 79.9 Å². The number of carbonyl (C=O) groups is 3. The van der Waals surface area contributed by atoms with Crippen molar-refractivity contribution >= 4 is 17.8 Å². The third kappa shape index (κ3) is 7.91. The van der Waals surface area contributed by atoms with E-state index in [0.717, 1.165) is 83.6 Å². The summed E-state index contributed by atoms with van der Waals surface area (Å²) in [5.74, 6) is 2.43. The van der Waals surface area contributed by atoms with Crippen molar-refractivity contribution in [3.8, 4) is 0 Å². The summed E-state index contributed by atoms with van der Waals surface area (Å²) in [5, 5.41) is 26.7. The van der Waals surface area contributed by atoms with E-state index in [2.05, 4.69) is 72.6 Å². The zero-order chi connectivity index (χ0) is 39.0. The topological polar surface area (TPSA) is 116 Å². The van der Waals surface area contributed by atoms with E-state index in [4.69, 9.17) is 5.11 Å². The van der Waals surface area contributed by atoms with Crippen LogP contribution in [0, 0.1) is 62.6 Å². The average Bonchev–Trinajstić information content (AvgIpc) is 3.48. The van der Waals surface area contributed by atoms with Crippen molar-refractivity contribution in [2.45, 2.75) is 190 Å². The summed E-state index contributed by atoms with van der Waals surface area (Å²) in [6.07, 6.45) is 17.6. The first-order valence-corrected chi connectivity index (χ1v) is 22.0. The molecule has 1 unspecified atom stereocenters. The Kier molecular flexibility index (Phi) is 13.0. The van der Waals surface area contributed by atoms with Crippen LogP contribution in [0.25, 0.3) is 0 Å². The highest BCUT2D eigenvalue weighted by molar-refractivity contribution is 5.84. The maximum absolute atomic E-state index is 14.5. The van der Waals surface area contributed by atoms with Crippen LogP contribution in [0.1, 0.15) is 177 Å². The van der Waals surface area contributed by atoms with Crippen LogP contribution in [0.3, 0.4) is 0 Å². The lowest BCUT2D eigenvalue weighted by molar-refractivity contribution is -0.246. The van der Waals surface area contributed by atoms with Crippen molar-refractivity contribution in [2.75, 3.05) is 6.54 Å². The summed E-state index contributed by atoms with van der Waals surface area (Å²) in [5.41, 5.74) is 1.62. The third-order valence-corrected chi connectivity index (χ3v) is 17.2. The Morgan fingerprint density at radius 1 is 0.792 bits per heavy atom. The summed E-state index contributed by atoms with van der Waals surface area (Å²) in [7, 11) is 0. The van der Waals surface area contributed by atoms with Crippen LogP contribution in [-0.4, -0.2) is 46.7 Å². The van der Waals surface area contributed by atoms with Gasteiger partial charge in [0.25, 0.3) is 0 Å². The minimum Gasteiger partial charge on any atom is -0.481 e. The monoisotopic (exact) mass is 739 g/mol. The van der Waals surface area contributed by atoms with E-state index >= 15 is 0 Å². The molecule has 0 aromatic rings. The Hall–Kier alpha value is -1.89. The van der Waals surface area contributed by atoms with Crippen LogP contribution in [0.5, 0.6) is 0 Å². The molecule has 4 N–H and O–H groups in total. The summed E-state index contributed by atoms with van der Waals surface area (Å²) < 4.78 is 0. The molecular formula is C46H78N2O5. The number of hydrogen-bond donors (Lipinski definition) is 4. The lowest BCUT2D eigenvalue weighted by Crippen LogP contribution is -2.67. The number of hydrogen-bond acceptors (Lipinski definition) is 4. The predicted octanol–water partition coefficient (Wildman–Crippen LogP) is 9.86. The van der Waals surface area contributed by atoms with Crippen LogP contribution < -0.4 is 10.6 Å². The summed E-state index contributed by atoms with van der Waals surface area (Å²) in [4.78, 5) is 38.1.